The summed E-state index contributed by atoms with van der Waals surface area (Å²) in [5, 5.41) is 11.0. The molecule has 1 N–H and O–H groups in total. The van der Waals surface area contributed by atoms with Gasteiger partial charge in [0.2, 0.25) is 0 Å². The Balaban J connectivity index is 1.82. The lowest BCUT2D eigenvalue weighted by molar-refractivity contribution is -0.151. The Morgan fingerprint density at radius 1 is 1.24 bits per heavy atom. The molecule has 1 aliphatic rings. The van der Waals surface area contributed by atoms with Crippen molar-refractivity contribution < 1.29 is 24.2 Å². The number of benzene rings is 1. The first-order valence-corrected chi connectivity index (χ1v) is 8.82. The molecule has 1 aliphatic heterocycles. The van der Waals surface area contributed by atoms with E-state index >= 15 is 0 Å². The van der Waals surface area contributed by atoms with Gasteiger partial charge in [0.1, 0.15) is 11.9 Å². The van der Waals surface area contributed by atoms with Gasteiger partial charge in [-0.25, -0.2) is 4.79 Å². The normalized spacial score (nSPS) is 19.6. The third kappa shape index (κ3) is 4.00. The maximum Gasteiger partial charge on any atom is 0.332 e. The zero-order valence-electron chi connectivity index (χ0n) is 13.8. The monoisotopic (exact) mass is 361 g/mol. The van der Waals surface area contributed by atoms with Crippen LogP contribution in [0, 0.1) is 0 Å². The summed E-state index contributed by atoms with van der Waals surface area (Å²) in [6, 6.07) is 11.1. The maximum atomic E-state index is 13.0. The van der Waals surface area contributed by atoms with Crippen molar-refractivity contribution in [2.75, 3.05) is 12.0 Å². The van der Waals surface area contributed by atoms with E-state index in [2.05, 4.69) is 0 Å². The minimum Gasteiger partial charge on any atom is -0.497 e. The second-order valence-corrected chi connectivity index (χ2v) is 6.76. The van der Waals surface area contributed by atoms with Gasteiger partial charge in [0.15, 0.2) is 6.10 Å². The van der Waals surface area contributed by atoms with E-state index < -0.39 is 18.2 Å². The van der Waals surface area contributed by atoms with Crippen molar-refractivity contribution in [3.8, 4) is 5.75 Å². The van der Waals surface area contributed by atoms with Crippen LogP contribution in [0.1, 0.15) is 17.7 Å². The van der Waals surface area contributed by atoms with E-state index in [-0.39, 0.29) is 5.91 Å². The predicted molar refractivity (Wildman–Crippen MR) is 94.0 cm³/mol. The Hall–Kier alpha value is -2.38. The number of carbonyl (C=O) groups is 2. The lowest BCUT2D eigenvalue weighted by Gasteiger charge is -2.25. The molecule has 1 aromatic carbocycles. The zero-order chi connectivity index (χ0) is 17.8. The first kappa shape index (κ1) is 17.4. The summed E-state index contributed by atoms with van der Waals surface area (Å²) in [5.41, 5.74) is 0.724. The molecule has 25 heavy (non-hydrogen) atoms. The average Bonchev–Trinajstić information content (AvgIpc) is 3.31. The minimum atomic E-state index is -1.02. The van der Waals surface area contributed by atoms with Gasteiger partial charge < -0.3 is 19.5 Å². The second-order valence-electron chi connectivity index (χ2n) is 5.73. The Bertz CT molecular complexity index is 728. The van der Waals surface area contributed by atoms with Crippen LogP contribution in [-0.2, 0) is 20.9 Å². The first-order chi connectivity index (χ1) is 12.1. The topological polar surface area (TPSA) is 76.1 Å². The van der Waals surface area contributed by atoms with Gasteiger partial charge in [-0.3, -0.25) is 4.79 Å². The molecule has 132 valence electrons. The number of carbonyl (C=O) groups excluding carboxylic acids is 1. The van der Waals surface area contributed by atoms with Crippen molar-refractivity contribution >= 4 is 28.9 Å². The molecule has 1 amide bonds. The number of nitrogens with zero attached hydrogens (tertiary/aromatic N) is 1. The zero-order valence-corrected chi connectivity index (χ0v) is 14.6. The summed E-state index contributed by atoms with van der Waals surface area (Å²) in [6.07, 6.45) is -0.884. The highest BCUT2D eigenvalue weighted by Gasteiger charge is 2.37. The SMILES string of the molecule is COc1ccc(N(Cc2cccs2)C(=O)[C@@H]2CC[C@H](C(=O)O)O2)cc1. The molecule has 2 aromatic rings. The van der Waals surface area contributed by atoms with E-state index in [1.807, 2.05) is 29.6 Å². The Morgan fingerprint density at radius 3 is 2.52 bits per heavy atom. The molecule has 0 spiro atoms. The van der Waals surface area contributed by atoms with Crippen molar-refractivity contribution in [3.05, 3.63) is 46.7 Å². The molecule has 1 fully saturated rings. The summed E-state index contributed by atoms with van der Waals surface area (Å²) in [6.45, 7) is 0.417. The van der Waals surface area contributed by atoms with Gasteiger partial charge >= 0.3 is 5.97 Å². The highest BCUT2D eigenvalue weighted by molar-refractivity contribution is 7.09. The van der Waals surface area contributed by atoms with Gasteiger partial charge in [-0.05, 0) is 48.6 Å². The summed E-state index contributed by atoms with van der Waals surface area (Å²) in [5.74, 6) is -0.540. The van der Waals surface area contributed by atoms with E-state index in [9.17, 15) is 9.59 Å². The van der Waals surface area contributed by atoms with Gasteiger partial charge in [0, 0.05) is 10.6 Å². The number of hydrogen-bond donors (Lipinski definition) is 1. The molecule has 0 aliphatic carbocycles. The molecule has 0 saturated carbocycles. The van der Waals surface area contributed by atoms with Crippen LogP contribution in [0.15, 0.2) is 41.8 Å². The fourth-order valence-electron chi connectivity index (χ4n) is 2.79. The van der Waals surface area contributed by atoms with Crippen molar-refractivity contribution in [3.63, 3.8) is 0 Å². The molecule has 1 saturated heterocycles. The van der Waals surface area contributed by atoms with Crippen LogP contribution in [0.2, 0.25) is 0 Å². The number of aliphatic carboxylic acids is 1. The number of rotatable bonds is 6. The quantitative estimate of drug-likeness (QED) is 0.856. The van der Waals surface area contributed by atoms with E-state index in [1.54, 1.807) is 35.5 Å². The Kier molecular flexibility index (Phi) is 5.35. The fourth-order valence-corrected chi connectivity index (χ4v) is 3.48. The Labute approximate surface area is 149 Å². The third-order valence-corrected chi connectivity index (χ3v) is 4.98. The number of ether oxygens (including phenoxy) is 2. The fraction of sp³-hybridized carbons (Fsp3) is 0.333. The van der Waals surface area contributed by atoms with Crippen LogP contribution >= 0.6 is 11.3 Å². The molecule has 1 aromatic heterocycles. The van der Waals surface area contributed by atoms with Gasteiger partial charge in [0.25, 0.3) is 5.91 Å². The number of amides is 1. The van der Waals surface area contributed by atoms with Crippen LogP contribution < -0.4 is 9.64 Å². The second kappa shape index (κ2) is 7.67. The number of carboxylic acids is 1. The number of carboxylic acid groups (broad SMARTS) is 1. The van der Waals surface area contributed by atoms with Crippen molar-refractivity contribution in [2.45, 2.75) is 31.6 Å². The van der Waals surface area contributed by atoms with Crippen LogP contribution in [0.25, 0.3) is 0 Å². The van der Waals surface area contributed by atoms with E-state index in [0.29, 0.717) is 25.1 Å². The molecule has 0 unspecified atom stereocenters. The van der Waals surface area contributed by atoms with E-state index in [0.717, 1.165) is 10.6 Å². The standard InChI is InChI=1S/C18H19NO5S/c1-23-13-6-4-12(5-7-13)19(11-14-3-2-10-25-14)17(20)15-8-9-16(24-15)18(21)22/h2-7,10,15-16H,8-9,11H2,1H3,(H,21,22)/t15-,16+/m0/s1. The lowest BCUT2D eigenvalue weighted by Crippen LogP contribution is -2.39. The van der Waals surface area contributed by atoms with Crippen molar-refractivity contribution in [1.29, 1.82) is 0 Å². The van der Waals surface area contributed by atoms with Gasteiger partial charge in [-0.1, -0.05) is 6.07 Å². The number of thiophene rings is 1. The number of methoxy groups -OCH3 is 1. The number of hydrogen-bond acceptors (Lipinski definition) is 5. The molecule has 6 nitrogen and oxygen atoms in total. The molecule has 3 rings (SSSR count). The highest BCUT2D eigenvalue weighted by Crippen LogP contribution is 2.27. The average molecular weight is 361 g/mol. The smallest absolute Gasteiger partial charge is 0.332 e. The summed E-state index contributed by atoms with van der Waals surface area (Å²) in [7, 11) is 1.59. The van der Waals surface area contributed by atoms with Gasteiger partial charge in [0.05, 0.1) is 13.7 Å². The van der Waals surface area contributed by atoms with Crippen LogP contribution in [0.3, 0.4) is 0 Å². The summed E-state index contributed by atoms with van der Waals surface area (Å²) >= 11 is 1.57. The van der Waals surface area contributed by atoms with Crippen LogP contribution in [0.4, 0.5) is 5.69 Å². The van der Waals surface area contributed by atoms with E-state index in [4.69, 9.17) is 14.6 Å². The summed E-state index contributed by atoms with van der Waals surface area (Å²) < 4.78 is 10.6. The van der Waals surface area contributed by atoms with Crippen LogP contribution in [-0.4, -0.2) is 36.3 Å². The molecule has 0 bridgehead atoms. The predicted octanol–water partition coefficient (Wildman–Crippen LogP) is 2.92. The molecule has 2 heterocycles. The highest BCUT2D eigenvalue weighted by atomic mass is 32.1. The lowest BCUT2D eigenvalue weighted by atomic mass is 10.1. The molecular weight excluding hydrogens is 342 g/mol. The minimum absolute atomic E-state index is 0.220. The molecule has 0 radical (unpaired) electrons. The maximum absolute atomic E-state index is 13.0. The number of anilines is 1. The van der Waals surface area contributed by atoms with Crippen molar-refractivity contribution in [1.82, 2.24) is 0 Å². The van der Waals surface area contributed by atoms with E-state index in [1.165, 1.54) is 0 Å². The third-order valence-electron chi connectivity index (χ3n) is 4.11. The van der Waals surface area contributed by atoms with Gasteiger partial charge in [-0.15, -0.1) is 11.3 Å². The Morgan fingerprint density at radius 2 is 1.96 bits per heavy atom. The molecule has 2 atom stereocenters. The first-order valence-electron chi connectivity index (χ1n) is 7.94. The molecule has 7 heteroatoms. The van der Waals surface area contributed by atoms with Crippen molar-refractivity contribution in [2.24, 2.45) is 0 Å². The van der Waals surface area contributed by atoms with Gasteiger partial charge in [-0.2, -0.15) is 0 Å². The molecular formula is C18H19NO5S. The summed E-state index contributed by atoms with van der Waals surface area (Å²) in [4.78, 5) is 26.7. The largest absolute Gasteiger partial charge is 0.497 e. The van der Waals surface area contributed by atoms with Crippen LogP contribution in [0.5, 0.6) is 5.75 Å².